The van der Waals surface area contributed by atoms with Gasteiger partial charge in [0.25, 0.3) is 5.69 Å². The SMILES string of the molecule is C=CCOc1cc([N+](=O)[O-])ccc1C#N.CC. The maximum absolute atomic E-state index is 10.5. The van der Waals surface area contributed by atoms with Gasteiger partial charge in [-0.25, -0.2) is 0 Å². The van der Waals surface area contributed by atoms with Crippen molar-refractivity contribution in [2.45, 2.75) is 13.8 Å². The van der Waals surface area contributed by atoms with E-state index in [0.29, 0.717) is 0 Å². The Morgan fingerprint density at radius 2 is 2.24 bits per heavy atom. The largest absolute Gasteiger partial charge is 0.488 e. The molecule has 0 amide bonds. The van der Waals surface area contributed by atoms with Crippen LogP contribution >= 0.6 is 0 Å². The lowest BCUT2D eigenvalue weighted by molar-refractivity contribution is -0.384. The van der Waals surface area contributed by atoms with Crippen LogP contribution in [0.3, 0.4) is 0 Å². The van der Waals surface area contributed by atoms with Gasteiger partial charge in [0.1, 0.15) is 18.4 Å². The number of non-ortho nitro benzene ring substituents is 1. The van der Waals surface area contributed by atoms with Crippen LogP contribution in [0.2, 0.25) is 0 Å². The zero-order chi connectivity index (χ0) is 13.3. The average molecular weight is 234 g/mol. The fourth-order valence-corrected chi connectivity index (χ4v) is 0.985. The maximum atomic E-state index is 10.5. The van der Waals surface area contributed by atoms with Gasteiger partial charge in [-0.15, -0.1) is 0 Å². The van der Waals surface area contributed by atoms with Crippen LogP contribution in [0.5, 0.6) is 5.75 Å². The van der Waals surface area contributed by atoms with Crippen molar-refractivity contribution in [3.8, 4) is 11.8 Å². The Labute approximate surface area is 100 Å². The summed E-state index contributed by atoms with van der Waals surface area (Å²) < 4.78 is 5.12. The third kappa shape index (κ3) is 4.34. The van der Waals surface area contributed by atoms with Crippen molar-refractivity contribution in [1.82, 2.24) is 0 Å². The molecule has 0 N–H and O–H groups in total. The fourth-order valence-electron chi connectivity index (χ4n) is 0.985. The van der Waals surface area contributed by atoms with E-state index in [1.165, 1.54) is 24.3 Å². The Balaban J connectivity index is 0.00000121. The van der Waals surface area contributed by atoms with Crippen LogP contribution in [0.15, 0.2) is 30.9 Å². The van der Waals surface area contributed by atoms with Crippen LogP contribution < -0.4 is 4.74 Å². The third-order valence-electron chi connectivity index (χ3n) is 1.65. The van der Waals surface area contributed by atoms with Gasteiger partial charge in [-0.1, -0.05) is 26.5 Å². The minimum atomic E-state index is -0.540. The smallest absolute Gasteiger partial charge is 0.273 e. The Morgan fingerprint density at radius 1 is 1.59 bits per heavy atom. The van der Waals surface area contributed by atoms with Crippen molar-refractivity contribution in [1.29, 1.82) is 5.26 Å². The molecule has 17 heavy (non-hydrogen) atoms. The van der Waals surface area contributed by atoms with Crippen molar-refractivity contribution in [3.63, 3.8) is 0 Å². The number of nitro groups is 1. The Bertz CT molecular complexity index is 436. The van der Waals surface area contributed by atoms with Gasteiger partial charge in [-0.3, -0.25) is 10.1 Å². The van der Waals surface area contributed by atoms with Crippen LogP contribution in [0.4, 0.5) is 5.69 Å². The molecule has 0 radical (unpaired) electrons. The van der Waals surface area contributed by atoms with Crippen LogP contribution in [-0.2, 0) is 0 Å². The van der Waals surface area contributed by atoms with E-state index in [2.05, 4.69) is 6.58 Å². The summed E-state index contributed by atoms with van der Waals surface area (Å²) in [5, 5.41) is 19.2. The Hall–Kier alpha value is -2.35. The zero-order valence-electron chi connectivity index (χ0n) is 9.84. The highest BCUT2D eigenvalue weighted by atomic mass is 16.6. The van der Waals surface area contributed by atoms with Crippen molar-refractivity contribution >= 4 is 5.69 Å². The highest BCUT2D eigenvalue weighted by Gasteiger charge is 2.10. The molecule has 90 valence electrons. The van der Waals surface area contributed by atoms with Gasteiger partial charge >= 0.3 is 0 Å². The van der Waals surface area contributed by atoms with E-state index in [1.54, 1.807) is 0 Å². The van der Waals surface area contributed by atoms with Crippen LogP contribution in [0.25, 0.3) is 0 Å². The molecule has 1 aromatic carbocycles. The Kier molecular flexibility index (Phi) is 6.79. The van der Waals surface area contributed by atoms with Gasteiger partial charge in [0.05, 0.1) is 16.6 Å². The van der Waals surface area contributed by atoms with Crippen molar-refractivity contribution in [2.75, 3.05) is 6.61 Å². The lowest BCUT2D eigenvalue weighted by Gasteiger charge is -2.04. The number of ether oxygens (including phenoxy) is 1. The van der Waals surface area contributed by atoms with Gasteiger partial charge < -0.3 is 4.74 Å². The van der Waals surface area contributed by atoms with Crippen LogP contribution in [0, 0.1) is 21.4 Å². The van der Waals surface area contributed by atoms with Crippen molar-refractivity contribution in [2.24, 2.45) is 0 Å². The summed E-state index contributed by atoms with van der Waals surface area (Å²) in [4.78, 5) is 9.93. The number of nitriles is 1. The van der Waals surface area contributed by atoms with E-state index in [0.717, 1.165) is 0 Å². The maximum Gasteiger partial charge on any atom is 0.273 e. The minimum absolute atomic E-state index is 0.104. The topological polar surface area (TPSA) is 76.2 Å². The molecule has 0 bridgehead atoms. The summed E-state index contributed by atoms with van der Waals surface area (Å²) in [6, 6.07) is 5.73. The van der Waals surface area contributed by atoms with E-state index in [-0.39, 0.29) is 23.6 Å². The highest BCUT2D eigenvalue weighted by Crippen LogP contribution is 2.24. The van der Waals surface area contributed by atoms with Crippen molar-refractivity contribution in [3.05, 3.63) is 46.5 Å². The molecule has 0 saturated heterocycles. The molecule has 5 heteroatoms. The number of nitrogens with zero attached hydrogens (tertiary/aromatic N) is 2. The molecule has 0 aliphatic carbocycles. The first-order chi connectivity index (χ1) is 8.19. The molecule has 0 unspecified atom stereocenters. The lowest BCUT2D eigenvalue weighted by Crippen LogP contribution is -1.97. The molecule has 0 aliphatic rings. The molecular weight excluding hydrogens is 220 g/mol. The predicted molar refractivity (Wildman–Crippen MR) is 64.9 cm³/mol. The molecule has 5 nitrogen and oxygen atoms in total. The third-order valence-corrected chi connectivity index (χ3v) is 1.65. The molecule has 0 heterocycles. The first-order valence-electron chi connectivity index (χ1n) is 5.11. The molecular formula is C12H14N2O3. The number of hydrogen-bond acceptors (Lipinski definition) is 4. The van der Waals surface area contributed by atoms with Crippen LogP contribution in [-0.4, -0.2) is 11.5 Å². The molecule has 0 fully saturated rings. The first-order valence-corrected chi connectivity index (χ1v) is 5.11. The lowest BCUT2D eigenvalue weighted by atomic mass is 10.2. The second-order valence-electron chi connectivity index (χ2n) is 2.65. The number of rotatable bonds is 4. The predicted octanol–water partition coefficient (Wildman–Crippen LogP) is 3.06. The summed E-state index contributed by atoms with van der Waals surface area (Å²) in [7, 11) is 0. The van der Waals surface area contributed by atoms with E-state index in [1.807, 2.05) is 19.9 Å². The quantitative estimate of drug-likeness (QED) is 0.455. The fraction of sp³-hybridized carbons (Fsp3) is 0.250. The molecule has 1 aromatic rings. The molecule has 0 spiro atoms. The summed E-state index contributed by atoms with van der Waals surface area (Å²) in [5.74, 6) is 0.201. The van der Waals surface area contributed by atoms with Gasteiger partial charge in [-0.2, -0.15) is 5.26 Å². The van der Waals surface area contributed by atoms with E-state index in [9.17, 15) is 10.1 Å². The monoisotopic (exact) mass is 234 g/mol. The second kappa shape index (κ2) is 7.88. The number of nitro benzene ring substituents is 1. The summed E-state index contributed by atoms with van der Waals surface area (Å²) in [6.07, 6.45) is 1.50. The minimum Gasteiger partial charge on any atom is -0.488 e. The molecule has 0 saturated carbocycles. The van der Waals surface area contributed by atoms with Gasteiger partial charge in [0.15, 0.2) is 0 Å². The van der Waals surface area contributed by atoms with E-state index >= 15 is 0 Å². The standard InChI is InChI=1S/C10H8N2O3.C2H6/c1-2-5-15-10-6-9(12(13)14)4-3-8(10)7-11;1-2/h2-4,6H,1,5H2;1-2H3. The van der Waals surface area contributed by atoms with Crippen LogP contribution in [0.1, 0.15) is 19.4 Å². The average Bonchev–Trinajstić information content (AvgIpc) is 2.38. The van der Waals surface area contributed by atoms with Crippen molar-refractivity contribution < 1.29 is 9.66 Å². The van der Waals surface area contributed by atoms with E-state index < -0.39 is 4.92 Å². The van der Waals surface area contributed by atoms with Gasteiger partial charge in [0, 0.05) is 6.07 Å². The highest BCUT2D eigenvalue weighted by molar-refractivity contribution is 5.50. The molecule has 0 aliphatic heterocycles. The molecule has 0 atom stereocenters. The second-order valence-corrected chi connectivity index (χ2v) is 2.65. The van der Waals surface area contributed by atoms with E-state index in [4.69, 9.17) is 10.00 Å². The first kappa shape index (κ1) is 14.6. The normalized spacial score (nSPS) is 8.29. The molecule has 0 aromatic heterocycles. The number of hydrogen-bond donors (Lipinski definition) is 0. The number of benzene rings is 1. The van der Waals surface area contributed by atoms with Gasteiger partial charge in [-0.05, 0) is 6.07 Å². The van der Waals surface area contributed by atoms with Gasteiger partial charge in [0.2, 0.25) is 0 Å². The molecule has 1 rings (SSSR count). The Morgan fingerprint density at radius 3 is 2.71 bits per heavy atom. The zero-order valence-corrected chi connectivity index (χ0v) is 9.84. The summed E-state index contributed by atoms with van der Waals surface area (Å²) >= 11 is 0. The summed E-state index contributed by atoms with van der Waals surface area (Å²) in [6.45, 7) is 7.65. The summed E-state index contributed by atoms with van der Waals surface area (Å²) in [5.41, 5.74) is 0.163.